The summed E-state index contributed by atoms with van der Waals surface area (Å²) in [4.78, 5) is 0. The second kappa shape index (κ2) is 6.46. The first-order valence-corrected chi connectivity index (χ1v) is 8.10. The van der Waals surface area contributed by atoms with E-state index >= 15 is 0 Å². The zero-order valence-electron chi connectivity index (χ0n) is 12.4. The molecule has 116 valence electrons. The van der Waals surface area contributed by atoms with E-state index in [-0.39, 0.29) is 11.1 Å². The van der Waals surface area contributed by atoms with E-state index in [2.05, 4.69) is 5.32 Å². The zero-order valence-corrected chi connectivity index (χ0v) is 13.2. The summed E-state index contributed by atoms with van der Waals surface area (Å²) in [7, 11) is -0.565. The van der Waals surface area contributed by atoms with E-state index in [1.54, 1.807) is 12.3 Å². The normalized spacial score (nSPS) is 13.7. The molecule has 0 fully saturated rings. The lowest BCUT2D eigenvalue weighted by Crippen LogP contribution is -2.27. The lowest BCUT2D eigenvalue weighted by Gasteiger charge is -2.11. The third-order valence-electron chi connectivity index (χ3n) is 3.08. The summed E-state index contributed by atoms with van der Waals surface area (Å²) < 4.78 is 35.6. The number of hydrogen-bond donors (Lipinski definition) is 1. The second-order valence-electron chi connectivity index (χ2n) is 5.07. The van der Waals surface area contributed by atoms with Gasteiger partial charge in [-0.2, -0.15) is 0 Å². The lowest BCUT2D eigenvalue weighted by atomic mass is 10.2. The van der Waals surface area contributed by atoms with Crippen molar-refractivity contribution in [2.45, 2.75) is 31.0 Å². The monoisotopic (exact) mass is 312 g/mol. The van der Waals surface area contributed by atoms with Crippen molar-refractivity contribution in [2.75, 3.05) is 14.1 Å². The van der Waals surface area contributed by atoms with E-state index in [9.17, 15) is 8.42 Å². The highest BCUT2D eigenvalue weighted by Gasteiger charge is 2.21. The first-order chi connectivity index (χ1) is 9.89. The van der Waals surface area contributed by atoms with Crippen LogP contribution in [0, 0.1) is 0 Å². The predicted molar refractivity (Wildman–Crippen MR) is 78.3 cm³/mol. The van der Waals surface area contributed by atoms with Crippen molar-refractivity contribution in [1.82, 2.24) is 9.62 Å². The molecular formula is C14H20N2O4S. The second-order valence-corrected chi connectivity index (χ2v) is 7.16. The highest BCUT2D eigenvalue weighted by atomic mass is 32.2. The Labute approximate surface area is 124 Å². The van der Waals surface area contributed by atoms with Gasteiger partial charge in [0.2, 0.25) is 5.09 Å². The Kier molecular flexibility index (Phi) is 4.87. The molecule has 0 aliphatic carbocycles. The van der Waals surface area contributed by atoms with Gasteiger partial charge in [0.05, 0.1) is 12.8 Å². The molecule has 0 radical (unpaired) electrons. The molecule has 0 amide bonds. The Bertz CT molecular complexity index is 659. The highest BCUT2D eigenvalue weighted by molar-refractivity contribution is 7.88. The molecule has 0 aliphatic rings. The van der Waals surface area contributed by atoms with Crippen LogP contribution in [0.1, 0.15) is 18.4 Å². The van der Waals surface area contributed by atoms with Gasteiger partial charge in [0.25, 0.3) is 10.0 Å². The number of rotatable bonds is 7. The van der Waals surface area contributed by atoms with Gasteiger partial charge >= 0.3 is 0 Å². The molecule has 6 nitrogen and oxygen atoms in total. The third-order valence-corrected chi connectivity index (χ3v) is 4.77. The fraction of sp³-hybridized carbons (Fsp3) is 0.429. The van der Waals surface area contributed by atoms with Crippen LogP contribution in [0.15, 0.2) is 44.5 Å². The van der Waals surface area contributed by atoms with E-state index in [0.717, 1.165) is 16.5 Å². The smallest absolute Gasteiger partial charge is 0.275 e. The molecule has 0 aromatic carbocycles. The van der Waals surface area contributed by atoms with Crippen LogP contribution in [-0.2, 0) is 23.0 Å². The first-order valence-electron chi connectivity index (χ1n) is 6.66. The molecule has 7 heteroatoms. The summed E-state index contributed by atoms with van der Waals surface area (Å²) in [6, 6.07) is 7.11. The average molecular weight is 312 g/mol. The van der Waals surface area contributed by atoms with Gasteiger partial charge in [-0.25, -0.2) is 12.7 Å². The van der Waals surface area contributed by atoms with Crippen LogP contribution in [0.5, 0.6) is 0 Å². The summed E-state index contributed by atoms with van der Waals surface area (Å²) >= 11 is 0. The third kappa shape index (κ3) is 3.96. The topological polar surface area (TPSA) is 75.7 Å². The minimum absolute atomic E-state index is 0.0389. The molecular weight excluding hydrogens is 292 g/mol. The van der Waals surface area contributed by atoms with E-state index in [4.69, 9.17) is 8.83 Å². The number of hydrogen-bond acceptors (Lipinski definition) is 5. The van der Waals surface area contributed by atoms with Crippen LogP contribution in [-0.4, -0.2) is 32.9 Å². The Morgan fingerprint density at radius 1 is 1.24 bits per heavy atom. The number of furan rings is 2. The Hall–Kier alpha value is -1.57. The van der Waals surface area contributed by atoms with Crippen LogP contribution >= 0.6 is 0 Å². The Morgan fingerprint density at radius 3 is 2.62 bits per heavy atom. The average Bonchev–Trinajstić information content (AvgIpc) is 3.07. The van der Waals surface area contributed by atoms with Gasteiger partial charge in [-0.1, -0.05) is 0 Å². The van der Waals surface area contributed by atoms with Crippen LogP contribution < -0.4 is 5.32 Å². The lowest BCUT2D eigenvalue weighted by molar-refractivity contribution is 0.376. The number of nitrogens with one attached hydrogen (secondary N) is 1. The standard InChI is InChI=1S/C14H20N2O4S/c1-11(9-12-5-4-8-19-12)15-10-13-6-7-14(20-13)21(17,18)16(2)3/h4-8,11,15H,9-10H2,1-3H3. The summed E-state index contributed by atoms with van der Waals surface area (Å²) in [5.74, 6) is 1.49. The predicted octanol–water partition coefficient (Wildman–Crippen LogP) is 1.84. The van der Waals surface area contributed by atoms with Gasteiger partial charge < -0.3 is 14.2 Å². The van der Waals surface area contributed by atoms with Crippen molar-refractivity contribution in [1.29, 1.82) is 0 Å². The molecule has 0 bridgehead atoms. The van der Waals surface area contributed by atoms with Crippen molar-refractivity contribution < 1.29 is 17.3 Å². The summed E-state index contributed by atoms with van der Waals surface area (Å²) in [6.07, 6.45) is 2.41. The molecule has 2 aromatic heterocycles. The maximum atomic E-state index is 11.9. The Morgan fingerprint density at radius 2 is 2.00 bits per heavy atom. The highest BCUT2D eigenvalue weighted by Crippen LogP contribution is 2.17. The van der Waals surface area contributed by atoms with Crippen molar-refractivity contribution in [3.8, 4) is 0 Å². The number of sulfonamides is 1. The summed E-state index contributed by atoms with van der Waals surface area (Å²) in [6.45, 7) is 2.49. The van der Waals surface area contributed by atoms with Crippen molar-refractivity contribution in [2.24, 2.45) is 0 Å². The molecule has 0 aliphatic heterocycles. The van der Waals surface area contributed by atoms with Crippen LogP contribution in [0.2, 0.25) is 0 Å². The van der Waals surface area contributed by atoms with Gasteiger partial charge in [0, 0.05) is 26.6 Å². The van der Waals surface area contributed by atoms with E-state index in [0.29, 0.717) is 12.3 Å². The first kappa shape index (κ1) is 15.8. The molecule has 2 rings (SSSR count). The molecule has 2 aromatic rings. The van der Waals surface area contributed by atoms with Crippen LogP contribution in [0.25, 0.3) is 0 Å². The summed E-state index contributed by atoms with van der Waals surface area (Å²) in [5, 5.41) is 3.23. The minimum atomic E-state index is -3.51. The fourth-order valence-electron chi connectivity index (χ4n) is 1.85. The molecule has 2 heterocycles. The SMILES string of the molecule is CC(Cc1ccco1)NCc1ccc(S(=O)(=O)N(C)C)o1. The quantitative estimate of drug-likeness (QED) is 0.844. The van der Waals surface area contributed by atoms with Crippen molar-refractivity contribution in [3.05, 3.63) is 42.0 Å². The Balaban J connectivity index is 1.91. The summed E-state index contributed by atoms with van der Waals surface area (Å²) in [5.41, 5.74) is 0. The number of nitrogens with zero attached hydrogens (tertiary/aromatic N) is 1. The van der Waals surface area contributed by atoms with Gasteiger partial charge in [0.15, 0.2) is 0 Å². The largest absolute Gasteiger partial charge is 0.469 e. The fourth-order valence-corrected chi connectivity index (χ4v) is 2.66. The maximum absolute atomic E-state index is 11.9. The molecule has 0 saturated carbocycles. The molecule has 21 heavy (non-hydrogen) atoms. The van der Waals surface area contributed by atoms with E-state index < -0.39 is 10.0 Å². The van der Waals surface area contributed by atoms with Gasteiger partial charge in [-0.05, 0) is 31.2 Å². The van der Waals surface area contributed by atoms with Crippen molar-refractivity contribution >= 4 is 10.0 Å². The minimum Gasteiger partial charge on any atom is -0.469 e. The molecule has 0 saturated heterocycles. The molecule has 1 unspecified atom stereocenters. The van der Waals surface area contributed by atoms with Crippen LogP contribution in [0.3, 0.4) is 0 Å². The van der Waals surface area contributed by atoms with Crippen LogP contribution in [0.4, 0.5) is 0 Å². The molecule has 1 N–H and O–H groups in total. The van der Waals surface area contributed by atoms with Gasteiger partial charge in [0.1, 0.15) is 11.5 Å². The van der Waals surface area contributed by atoms with Crippen molar-refractivity contribution in [3.63, 3.8) is 0 Å². The zero-order chi connectivity index (χ0) is 15.5. The molecule has 0 spiro atoms. The van der Waals surface area contributed by atoms with E-state index in [1.807, 2.05) is 19.1 Å². The maximum Gasteiger partial charge on any atom is 0.275 e. The van der Waals surface area contributed by atoms with Gasteiger partial charge in [-0.15, -0.1) is 0 Å². The molecule has 1 atom stereocenters. The van der Waals surface area contributed by atoms with Gasteiger partial charge in [-0.3, -0.25) is 0 Å². The van der Waals surface area contributed by atoms with E-state index in [1.165, 1.54) is 20.2 Å².